The molecular weight excluding hydrogens is 402 g/mol. The number of aryl methyl sites for hydroxylation is 2. The molecule has 2 aromatic rings. The number of nitrogens with zero attached hydrogens (tertiary/aromatic N) is 2. The molecule has 1 saturated heterocycles. The van der Waals surface area contributed by atoms with Gasteiger partial charge in [0.25, 0.3) is 0 Å². The van der Waals surface area contributed by atoms with Gasteiger partial charge < -0.3 is 10.2 Å². The first-order valence-corrected chi connectivity index (χ1v) is 9.48. The summed E-state index contributed by atoms with van der Waals surface area (Å²) < 4.78 is 6.82. The Labute approximate surface area is 161 Å². The second-order valence-electron chi connectivity index (χ2n) is 6.16. The molecule has 0 radical (unpaired) electrons. The lowest BCUT2D eigenvalue weighted by Gasteiger charge is -2.14. The van der Waals surface area contributed by atoms with Crippen LogP contribution in [0.4, 0.5) is 5.69 Å². The Balaban J connectivity index is 1.72. The first-order chi connectivity index (χ1) is 12.0. The fourth-order valence-corrected chi connectivity index (χ4v) is 3.19. The molecule has 0 bridgehead atoms. The maximum atomic E-state index is 6.03. The zero-order valence-corrected chi connectivity index (χ0v) is 16.7. The molecule has 0 atom stereocenters. The Morgan fingerprint density at radius 3 is 2.64 bits per heavy atom. The molecule has 0 amide bonds. The highest BCUT2D eigenvalue weighted by Crippen LogP contribution is 2.34. The van der Waals surface area contributed by atoms with Crippen molar-refractivity contribution in [3.05, 3.63) is 51.0 Å². The maximum Gasteiger partial charge on any atom is 0.130 e. The summed E-state index contributed by atoms with van der Waals surface area (Å²) in [6.45, 7) is 6.21. The van der Waals surface area contributed by atoms with Gasteiger partial charge in [0.2, 0.25) is 0 Å². The Bertz CT molecular complexity index is 788. The summed E-state index contributed by atoms with van der Waals surface area (Å²) in [5, 5.41) is 2.84. The second-order valence-corrected chi connectivity index (χ2v) is 7.43. The molecule has 0 aromatic heterocycles. The van der Waals surface area contributed by atoms with Gasteiger partial charge in [0.1, 0.15) is 17.8 Å². The highest BCUT2D eigenvalue weighted by molar-refractivity contribution is 9.10. The van der Waals surface area contributed by atoms with Gasteiger partial charge in [-0.25, -0.2) is 10.0 Å². The van der Waals surface area contributed by atoms with Crippen molar-refractivity contribution in [2.75, 3.05) is 13.1 Å². The van der Waals surface area contributed by atoms with Crippen molar-refractivity contribution in [1.82, 2.24) is 10.4 Å². The van der Waals surface area contributed by atoms with E-state index in [1.807, 2.05) is 44.2 Å². The van der Waals surface area contributed by atoms with E-state index in [0.29, 0.717) is 5.02 Å². The number of hydrogen-bond donors (Lipinski definition) is 1. The van der Waals surface area contributed by atoms with Gasteiger partial charge in [0, 0.05) is 17.6 Å². The summed E-state index contributed by atoms with van der Waals surface area (Å²) in [6, 6.07) is 9.58. The molecule has 3 rings (SSSR count). The Hall–Kier alpha value is -1.56. The van der Waals surface area contributed by atoms with Crippen LogP contribution in [0.3, 0.4) is 0 Å². The molecule has 25 heavy (non-hydrogen) atoms. The molecule has 1 heterocycles. The molecule has 2 aromatic carbocycles. The van der Waals surface area contributed by atoms with E-state index < -0.39 is 0 Å². The van der Waals surface area contributed by atoms with E-state index in [-0.39, 0.29) is 0 Å². The summed E-state index contributed by atoms with van der Waals surface area (Å²) in [4.78, 5) is 4.55. The minimum absolute atomic E-state index is 0.662. The van der Waals surface area contributed by atoms with Crippen LogP contribution in [0.2, 0.25) is 5.02 Å². The Morgan fingerprint density at radius 1 is 1.16 bits per heavy atom. The third-order valence-electron chi connectivity index (χ3n) is 4.16. The fraction of sp³-hybridized carbons (Fsp3) is 0.316. The van der Waals surface area contributed by atoms with E-state index in [0.717, 1.165) is 45.9 Å². The molecule has 0 aliphatic carbocycles. The monoisotopic (exact) mass is 421 g/mol. The van der Waals surface area contributed by atoms with Gasteiger partial charge in [0.05, 0.1) is 10.7 Å². The van der Waals surface area contributed by atoms with Crippen LogP contribution in [0.5, 0.6) is 11.5 Å². The van der Waals surface area contributed by atoms with E-state index in [4.69, 9.17) is 16.3 Å². The van der Waals surface area contributed by atoms with Crippen molar-refractivity contribution in [1.29, 1.82) is 0 Å². The second kappa shape index (κ2) is 8.21. The SMILES string of the molecule is Cc1cc(Oc2ccc(Cl)c(Br)c2)c(C)cc1N=CNN1CCCC1. The van der Waals surface area contributed by atoms with Gasteiger partial charge in [-0.05, 0) is 84.1 Å². The third kappa shape index (κ3) is 4.75. The molecule has 132 valence electrons. The summed E-state index contributed by atoms with van der Waals surface area (Å²) in [6.07, 6.45) is 4.25. The van der Waals surface area contributed by atoms with Crippen LogP contribution in [0.25, 0.3) is 0 Å². The number of hydrogen-bond acceptors (Lipinski definition) is 3. The highest BCUT2D eigenvalue weighted by Gasteiger charge is 2.10. The van der Waals surface area contributed by atoms with Crippen LogP contribution >= 0.6 is 27.5 Å². The number of rotatable bonds is 5. The number of ether oxygens (including phenoxy) is 1. The molecule has 0 saturated carbocycles. The Kier molecular flexibility index (Phi) is 5.99. The van der Waals surface area contributed by atoms with Crippen molar-refractivity contribution >= 4 is 39.6 Å². The van der Waals surface area contributed by atoms with Gasteiger partial charge in [-0.15, -0.1) is 0 Å². The lowest BCUT2D eigenvalue weighted by Crippen LogP contribution is -2.33. The standard InChI is InChI=1S/C19H21BrClN3O/c1-13-10-19(25-15-5-6-17(21)16(20)11-15)14(2)9-18(13)22-12-23-24-7-3-4-8-24/h5-6,9-12H,3-4,7-8H2,1-2H3,(H,22,23). The normalized spacial score (nSPS) is 15.0. The molecular formula is C19H21BrClN3O. The van der Waals surface area contributed by atoms with E-state index >= 15 is 0 Å². The largest absolute Gasteiger partial charge is 0.457 e. The maximum absolute atomic E-state index is 6.03. The number of aliphatic imine (C=N–C) groups is 1. The predicted octanol–water partition coefficient (Wildman–Crippen LogP) is 5.77. The van der Waals surface area contributed by atoms with Crippen molar-refractivity contribution in [2.24, 2.45) is 4.99 Å². The van der Waals surface area contributed by atoms with Crippen LogP contribution in [0, 0.1) is 13.8 Å². The summed E-state index contributed by atoms with van der Waals surface area (Å²) in [5.74, 6) is 1.56. The van der Waals surface area contributed by atoms with Crippen LogP contribution in [-0.4, -0.2) is 24.4 Å². The molecule has 0 spiro atoms. The van der Waals surface area contributed by atoms with Gasteiger partial charge >= 0.3 is 0 Å². The predicted molar refractivity (Wildman–Crippen MR) is 107 cm³/mol. The van der Waals surface area contributed by atoms with E-state index in [2.05, 4.69) is 31.4 Å². The first-order valence-electron chi connectivity index (χ1n) is 8.31. The number of nitrogens with one attached hydrogen (secondary N) is 1. The minimum atomic E-state index is 0.662. The van der Waals surface area contributed by atoms with Crippen LogP contribution in [0.15, 0.2) is 39.8 Å². The van der Waals surface area contributed by atoms with Crippen molar-refractivity contribution in [2.45, 2.75) is 26.7 Å². The zero-order valence-electron chi connectivity index (χ0n) is 14.4. The van der Waals surface area contributed by atoms with E-state index in [1.54, 1.807) is 6.34 Å². The molecule has 6 heteroatoms. The van der Waals surface area contributed by atoms with Crippen molar-refractivity contribution in [3.63, 3.8) is 0 Å². The Morgan fingerprint density at radius 2 is 1.92 bits per heavy atom. The highest BCUT2D eigenvalue weighted by atomic mass is 79.9. The number of benzene rings is 2. The number of hydrazine groups is 1. The smallest absolute Gasteiger partial charge is 0.130 e. The minimum Gasteiger partial charge on any atom is -0.457 e. The lowest BCUT2D eigenvalue weighted by molar-refractivity contribution is 0.300. The van der Waals surface area contributed by atoms with Crippen molar-refractivity contribution < 1.29 is 4.74 Å². The zero-order chi connectivity index (χ0) is 17.8. The lowest BCUT2D eigenvalue weighted by atomic mass is 10.1. The van der Waals surface area contributed by atoms with Crippen LogP contribution in [-0.2, 0) is 0 Å². The molecule has 1 fully saturated rings. The van der Waals surface area contributed by atoms with E-state index in [9.17, 15) is 0 Å². The van der Waals surface area contributed by atoms with Gasteiger partial charge in [-0.3, -0.25) is 0 Å². The average molecular weight is 423 g/mol. The number of halogens is 2. The topological polar surface area (TPSA) is 36.9 Å². The summed E-state index contributed by atoms with van der Waals surface area (Å²) in [7, 11) is 0. The van der Waals surface area contributed by atoms with Crippen LogP contribution in [0.1, 0.15) is 24.0 Å². The summed E-state index contributed by atoms with van der Waals surface area (Å²) in [5.41, 5.74) is 6.27. The molecule has 1 N–H and O–H groups in total. The van der Waals surface area contributed by atoms with Crippen molar-refractivity contribution in [3.8, 4) is 11.5 Å². The molecule has 1 aliphatic heterocycles. The van der Waals surface area contributed by atoms with E-state index in [1.165, 1.54) is 12.8 Å². The summed E-state index contributed by atoms with van der Waals surface area (Å²) >= 11 is 9.45. The van der Waals surface area contributed by atoms with Gasteiger partial charge in [-0.1, -0.05) is 11.6 Å². The van der Waals surface area contributed by atoms with Crippen LogP contribution < -0.4 is 10.2 Å². The molecule has 0 unspecified atom stereocenters. The molecule has 4 nitrogen and oxygen atoms in total. The van der Waals surface area contributed by atoms with Gasteiger partial charge in [0.15, 0.2) is 0 Å². The average Bonchev–Trinajstić information content (AvgIpc) is 3.09. The third-order valence-corrected chi connectivity index (χ3v) is 5.38. The first kappa shape index (κ1) is 18.2. The molecule has 1 aliphatic rings. The quantitative estimate of drug-likeness (QED) is 0.491. The van der Waals surface area contributed by atoms with Gasteiger partial charge in [-0.2, -0.15) is 0 Å². The fourth-order valence-electron chi connectivity index (χ4n) is 2.72.